The molecule has 2 aromatic heterocycles. The van der Waals surface area contributed by atoms with E-state index in [2.05, 4.69) is 71.9 Å². The molecule has 2 fully saturated rings. The van der Waals surface area contributed by atoms with Crippen molar-refractivity contribution in [3.8, 4) is 0 Å². The lowest BCUT2D eigenvalue weighted by atomic mass is 9.94. The van der Waals surface area contributed by atoms with E-state index in [-0.39, 0.29) is 0 Å². The van der Waals surface area contributed by atoms with Gasteiger partial charge in [-0.25, -0.2) is 8.97 Å². The minimum absolute atomic E-state index is 0.366. The summed E-state index contributed by atoms with van der Waals surface area (Å²) in [6.45, 7) is 0. The smallest absolute Gasteiger partial charge is 0.264 e. The Morgan fingerprint density at radius 1 is 0.889 bits per heavy atom. The third-order valence-corrected chi connectivity index (χ3v) is 8.63. The number of oxime groups is 1. The van der Waals surface area contributed by atoms with Crippen LogP contribution >= 0.6 is 15.9 Å². The summed E-state index contributed by atoms with van der Waals surface area (Å²) in [5.41, 5.74) is 2.69. The summed E-state index contributed by atoms with van der Waals surface area (Å²) in [6.07, 6.45) is 14.5. The highest BCUT2D eigenvalue weighted by Crippen LogP contribution is 2.34. The monoisotopic (exact) mass is 545 g/mol. The summed E-state index contributed by atoms with van der Waals surface area (Å²) in [5, 5.41) is 20.9. The van der Waals surface area contributed by atoms with Crippen LogP contribution in [0.25, 0.3) is 16.3 Å². The first-order valence-corrected chi connectivity index (χ1v) is 14.3. The van der Waals surface area contributed by atoms with Crippen molar-refractivity contribution >= 4 is 43.7 Å². The Bertz CT molecular complexity index is 1400. The second-order valence-corrected chi connectivity index (χ2v) is 11.3. The fourth-order valence-corrected chi connectivity index (χ4v) is 6.58. The van der Waals surface area contributed by atoms with Gasteiger partial charge in [-0.15, -0.1) is 0 Å². The van der Waals surface area contributed by atoms with Crippen LogP contribution in [0.4, 0.5) is 5.82 Å². The maximum Gasteiger partial charge on any atom is 0.264 e. The molecule has 186 valence electrons. The number of imidazole rings is 1. The van der Waals surface area contributed by atoms with E-state index in [1.54, 1.807) is 0 Å². The molecular formula is C30H34BrN4O+. The first-order chi connectivity index (χ1) is 17.7. The molecule has 6 rings (SSSR count). The molecule has 0 atom stereocenters. The fraction of sp³-hybridized carbons (Fsp3) is 0.400. The fourth-order valence-electron chi connectivity index (χ4n) is 6.31. The summed E-state index contributed by atoms with van der Waals surface area (Å²) in [7, 11) is 0. The van der Waals surface area contributed by atoms with E-state index in [9.17, 15) is 5.21 Å². The number of nitrogens with zero attached hydrogens (tertiary/aromatic N) is 3. The minimum Gasteiger partial charge on any atom is -0.410 e. The molecule has 5 nitrogen and oxygen atoms in total. The van der Waals surface area contributed by atoms with Gasteiger partial charge in [-0.2, -0.15) is 0 Å². The molecule has 0 radical (unpaired) electrons. The molecule has 36 heavy (non-hydrogen) atoms. The molecule has 0 unspecified atom stereocenters. The van der Waals surface area contributed by atoms with Crippen molar-refractivity contribution in [1.29, 1.82) is 0 Å². The lowest BCUT2D eigenvalue weighted by Gasteiger charge is -2.25. The van der Waals surface area contributed by atoms with Crippen molar-refractivity contribution in [2.24, 2.45) is 5.16 Å². The number of hydrogen-bond acceptors (Lipinski definition) is 3. The maximum atomic E-state index is 10.5. The Kier molecular flexibility index (Phi) is 6.70. The molecule has 6 heteroatoms. The van der Waals surface area contributed by atoms with Crippen LogP contribution in [0.5, 0.6) is 0 Å². The van der Waals surface area contributed by atoms with Gasteiger partial charge in [0.2, 0.25) is 0 Å². The topological polar surface area (TPSA) is 52.9 Å². The van der Waals surface area contributed by atoms with Crippen molar-refractivity contribution in [3.63, 3.8) is 0 Å². The van der Waals surface area contributed by atoms with Crippen LogP contribution in [0.3, 0.4) is 0 Å². The first-order valence-electron chi connectivity index (χ1n) is 13.5. The van der Waals surface area contributed by atoms with Crippen molar-refractivity contribution in [2.75, 3.05) is 5.32 Å². The molecule has 2 aromatic carbocycles. The molecular weight excluding hydrogens is 512 g/mol. The van der Waals surface area contributed by atoms with Gasteiger partial charge >= 0.3 is 0 Å². The molecule has 2 aliphatic rings. The molecule has 0 spiro atoms. The van der Waals surface area contributed by atoms with Gasteiger partial charge in [0, 0.05) is 15.4 Å². The Balaban J connectivity index is 1.65. The van der Waals surface area contributed by atoms with Crippen LogP contribution in [0.1, 0.15) is 81.6 Å². The van der Waals surface area contributed by atoms with Gasteiger partial charge in [0.1, 0.15) is 0 Å². The van der Waals surface area contributed by atoms with Gasteiger partial charge in [0.05, 0.1) is 18.3 Å². The Morgan fingerprint density at radius 2 is 1.58 bits per heavy atom. The van der Waals surface area contributed by atoms with Crippen LogP contribution < -0.4 is 9.88 Å². The van der Waals surface area contributed by atoms with Crippen LogP contribution in [0.15, 0.2) is 70.4 Å². The van der Waals surface area contributed by atoms with Gasteiger partial charge in [-0.1, -0.05) is 83.2 Å². The molecule has 0 amide bonds. The van der Waals surface area contributed by atoms with E-state index >= 15 is 0 Å². The van der Waals surface area contributed by atoms with E-state index in [1.165, 1.54) is 73.5 Å². The van der Waals surface area contributed by atoms with Gasteiger partial charge < -0.3 is 5.21 Å². The summed E-state index contributed by atoms with van der Waals surface area (Å²) >= 11 is 3.55. The summed E-state index contributed by atoms with van der Waals surface area (Å²) < 4.78 is 5.76. The summed E-state index contributed by atoms with van der Waals surface area (Å²) in [4.78, 5) is 0. The lowest BCUT2D eigenvalue weighted by molar-refractivity contribution is -0.712. The zero-order chi connectivity index (χ0) is 24.5. The second-order valence-electron chi connectivity index (χ2n) is 10.4. The SMILES string of the molecule is O/N=C(/c1ccc(Br)cc1)c1n2ccc3ccccc3c2c(NC2CCCCC2)[n+]1C1CCCCC1. The number of benzene rings is 2. The summed E-state index contributed by atoms with van der Waals surface area (Å²) in [6, 6.07) is 19.7. The third-order valence-electron chi connectivity index (χ3n) is 8.10. The number of hydrogen-bond donors (Lipinski definition) is 2. The number of fused-ring (bicyclic) bond motifs is 3. The molecule has 0 bridgehead atoms. The van der Waals surface area contributed by atoms with Crippen molar-refractivity contribution in [1.82, 2.24) is 4.40 Å². The largest absolute Gasteiger partial charge is 0.410 e. The van der Waals surface area contributed by atoms with Crippen LogP contribution in [-0.2, 0) is 0 Å². The Labute approximate surface area is 221 Å². The highest BCUT2D eigenvalue weighted by molar-refractivity contribution is 9.10. The van der Waals surface area contributed by atoms with Gasteiger partial charge in [0.25, 0.3) is 11.6 Å². The number of rotatable bonds is 5. The Morgan fingerprint density at radius 3 is 2.31 bits per heavy atom. The van der Waals surface area contributed by atoms with Crippen LogP contribution in [0.2, 0.25) is 0 Å². The molecule has 2 N–H and O–H groups in total. The zero-order valence-electron chi connectivity index (χ0n) is 20.7. The lowest BCUT2D eigenvalue weighted by Crippen LogP contribution is -2.48. The van der Waals surface area contributed by atoms with E-state index < -0.39 is 0 Å². The van der Waals surface area contributed by atoms with Gasteiger partial charge in [-0.05, 0) is 62.1 Å². The molecule has 2 heterocycles. The minimum atomic E-state index is 0.366. The zero-order valence-corrected chi connectivity index (χ0v) is 22.3. The second kappa shape index (κ2) is 10.3. The molecule has 2 saturated carbocycles. The average Bonchev–Trinajstić information content (AvgIpc) is 3.25. The van der Waals surface area contributed by atoms with E-state index in [0.717, 1.165) is 28.7 Å². The van der Waals surface area contributed by atoms with E-state index in [4.69, 9.17) is 0 Å². The molecule has 0 saturated heterocycles. The number of aromatic nitrogens is 2. The normalized spacial score (nSPS) is 18.2. The highest BCUT2D eigenvalue weighted by atomic mass is 79.9. The number of nitrogens with one attached hydrogen (secondary N) is 1. The van der Waals surface area contributed by atoms with E-state index in [1.807, 2.05) is 24.3 Å². The van der Waals surface area contributed by atoms with Crippen molar-refractivity contribution < 1.29 is 9.77 Å². The van der Waals surface area contributed by atoms with Gasteiger partial charge in [0.15, 0.2) is 11.2 Å². The van der Waals surface area contributed by atoms with Crippen LogP contribution in [-0.4, -0.2) is 21.4 Å². The molecule has 4 aromatic rings. The molecule has 0 aliphatic heterocycles. The maximum absolute atomic E-state index is 10.5. The predicted molar refractivity (Wildman–Crippen MR) is 149 cm³/mol. The van der Waals surface area contributed by atoms with Crippen LogP contribution in [0, 0.1) is 0 Å². The summed E-state index contributed by atoms with van der Waals surface area (Å²) in [5.74, 6) is 2.13. The third kappa shape index (κ3) is 4.30. The highest BCUT2D eigenvalue weighted by Gasteiger charge is 2.36. The number of anilines is 1. The standard InChI is InChI=1S/C30H33BrN4O/c31-23-17-15-22(16-18-23)27(33-36)30-34-20-19-21-9-7-8-14-26(21)28(34)29(32-24-10-3-1-4-11-24)35(30)25-12-5-2-6-13-25/h7-9,14-20,24-25,32H,1-6,10-13H2/p+1. The molecule has 2 aliphatic carbocycles. The average molecular weight is 547 g/mol. The number of halogens is 1. The van der Waals surface area contributed by atoms with Crippen molar-refractivity contribution in [3.05, 3.63) is 76.7 Å². The van der Waals surface area contributed by atoms with Crippen molar-refractivity contribution in [2.45, 2.75) is 76.3 Å². The first kappa shape index (κ1) is 23.5. The van der Waals surface area contributed by atoms with E-state index in [0.29, 0.717) is 17.8 Å². The predicted octanol–water partition coefficient (Wildman–Crippen LogP) is 7.62. The van der Waals surface area contributed by atoms with Gasteiger partial charge in [-0.3, -0.25) is 5.32 Å². The number of pyridine rings is 1. The quantitative estimate of drug-likeness (QED) is 0.117. The Hall–Kier alpha value is -2.86.